The molecule has 108 valence electrons. The number of benzene rings is 1. The van der Waals surface area contributed by atoms with Gasteiger partial charge in [-0.3, -0.25) is 0 Å². The van der Waals surface area contributed by atoms with Gasteiger partial charge in [0.15, 0.2) is 0 Å². The van der Waals surface area contributed by atoms with Crippen LogP contribution >= 0.6 is 11.3 Å². The van der Waals surface area contributed by atoms with Gasteiger partial charge < -0.3 is 10.5 Å². The van der Waals surface area contributed by atoms with Crippen molar-refractivity contribution >= 4 is 27.0 Å². The Hall–Kier alpha value is -1.64. The molecule has 0 aliphatic rings. The second-order valence-corrected chi connectivity index (χ2v) is 6.68. The number of rotatable bonds is 5. The number of nitrogens with two attached hydrogens (primary N) is 2. The Morgan fingerprint density at radius 3 is 2.75 bits per heavy atom. The molecule has 2 aromatic rings. The molecular formula is C12H15N3O3S2. The summed E-state index contributed by atoms with van der Waals surface area (Å²) in [7, 11) is -3.86. The molecule has 0 amide bonds. The molecule has 1 aromatic heterocycles. The molecule has 2 rings (SSSR count). The second-order valence-electron chi connectivity index (χ2n) is 4.21. The third-order valence-corrected chi connectivity index (χ3v) is 4.63. The summed E-state index contributed by atoms with van der Waals surface area (Å²) in [5.74, 6) is 0.212. The van der Waals surface area contributed by atoms with Crippen molar-refractivity contribution in [3.8, 4) is 5.75 Å². The predicted octanol–water partition coefficient (Wildman–Crippen LogP) is 1.30. The van der Waals surface area contributed by atoms with Gasteiger partial charge in [0.25, 0.3) is 0 Å². The fourth-order valence-corrected chi connectivity index (χ4v) is 3.16. The molecule has 0 radical (unpaired) electrons. The van der Waals surface area contributed by atoms with Crippen LogP contribution in [-0.2, 0) is 16.4 Å². The Kier molecular flexibility index (Phi) is 4.26. The van der Waals surface area contributed by atoms with Crippen molar-refractivity contribution in [1.29, 1.82) is 0 Å². The van der Waals surface area contributed by atoms with Crippen LogP contribution in [0.25, 0.3) is 0 Å². The minimum Gasteiger partial charge on any atom is -0.492 e. The first kappa shape index (κ1) is 14.8. The molecule has 0 aliphatic carbocycles. The van der Waals surface area contributed by atoms with E-state index in [9.17, 15) is 8.42 Å². The van der Waals surface area contributed by atoms with Crippen LogP contribution in [0.4, 0.5) is 5.69 Å². The first-order valence-corrected chi connectivity index (χ1v) is 8.24. The van der Waals surface area contributed by atoms with Gasteiger partial charge in [-0.2, -0.15) is 0 Å². The van der Waals surface area contributed by atoms with Gasteiger partial charge in [-0.25, -0.2) is 18.5 Å². The number of aryl methyl sites for hydroxylation is 1. The van der Waals surface area contributed by atoms with E-state index in [1.807, 2.05) is 6.92 Å². The van der Waals surface area contributed by atoms with Crippen molar-refractivity contribution in [2.75, 3.05) is 12.3 Å². The summed E-state index contributed by atoms with van der Waals surface area (Å²) in [5, 5.41) is 5.15. The summed E-state index contributed by atoms with van der Waals surface area (Å²) in [6.07, 6.45) is 0.658. The number of ether oxygens (including phenoxy) is 1. The zero-order chi connectivity index (χ0) is 14.8. The topological polar surface area (TPSA) is 108 Å². The van der Waals surface area contributed by atoms with Crippen LogP contribution < -0.4 is 15.6 Å². The summed E-state index contributed by atoms with van der Waals surface area (Å²) in [6.45, 7) is 2.26. The molecule has 4 N–H and O–H groups in total. The van der Waals surface area contributed by atoms with Gasteiger partial charge in [-0.05, 0) is 25.1 Å². The first-order valence-electron chi connectivity index (χ1n) is 5.82. The summed E-state index contributed by atoms with van der Waals surface area (Å²) in [5.41, 5.74) is 8.62. The molecule has 0 unspecified atom stereocenters. The molecule has 0 saturated carbocycles. The summed E-state index contributed by atoms with van der Waals surface area (Å²) in [4.78, 5) is 5.15. The Labute approximate surface area is 121 Å². The molecule has 0 fully saturated rings. The standard InChI is InChI=1S/C12H15N3O3S2/c1-8-11(19-7-15-8)4-5-18-10-3-2-9(13)6-12(10)20(14,16)17/h2-3,6-7H,4-5,13H2,1H3,(H2,14,16,17). The van der Waals surface area contributed by atoms with Crippen molar-refractivity contribution < 1.29 is 13.2 Å². The number of hydrogen-bond acceptors (Lipinski definition) is 6. The van der Waals surface area contributed by atoms with Gasteiger partial charge in [0.1, 0.15) is 10.6 Å². The maximum Gasteiger partial charge on any atom is 0.241 e. The number of thiazole rings is 1. The second kappa shape index (κ2) is 5.78. The fraction of sp³-hybridized carbons (Fsp3) is 0.250. The highest BCUT2D eigenvalue weighted by molar-refractivity contribution is 7.89. The van der Waals surface area contributed by atoms with Crippen LogP contribution in [-0.4, -0.2) is 20.0 Å². The molecule has 1 aromatic carbocycles. The van der Waals surface area contributed by atoms with Gasteiger partial charge in [-0.15, -0.1) is 11.3 Å². The smallest absolute Gasteiger partial charge is 0.241 e. The van der Waals surface area contributed by atoms with Gasteiger partial charge in [0.2, 0.25) is 10.0 Å². The van der Waals surface area contributed by atoms with E-state index in [2.05, 4.69) is 4.98 Å². The number of primary sulfonamides is 1. The molecule has 1 heterocycles. The maximum absolute atomic E-state index is 11.5. The van der Waals surface area contributed by atoms with Gasteiger partial charge in [-0.1, -0.05) is 0 Å². The predicted molar refractivity (Wildman–Crippen MR) is 78.3 cm³/mol. The highest BCUT2D eigenvalue weighted by atomic mass is 32.2. The quantitative estimate of drug-likeness (QED) is 0.809. The largest absolute Gasteiger partial charge is 0.492 e. The molecule has 0 saturated heterocycles. The minimum atomic E-state index is -3.86. The number of anilines is 1. The summed E-state index contributed by atoms with van der Waals surface area (Å²) in [6, 6.07) is 4.37. The van der Waals surface area contributed by atoms with E-state index >= 15 is 0 Å². The third kappa shape index (κ3) is 3.47. The van der Waals surface area contributed by atoms with Crippen LogP contribution in [0, 0.1) is 6.92 Å². The van der Waals surface area contributed by atoms with Crippen LogP contribution in [0.3, 0.4) is 0 Å². The number of hydrogen-bond donors (Lipinski definition) is 2. The van der Waals surface area contributed by atoms with E-state index in [0.717, 1.165) is 10.6 Å². The Bertz CT molecular complexity index is 710. The van der Waals surface area contributed by atoms with E-state index in [0.29, 0.717) is 18.7 Å². The normalized spacial score (nSPS) is 11.5. The minimum absolute atomic E-state index is 0.0986. The summed E-state index contributed by atoms with van der Waals surface area (Å²) < 4.78 is 28.5. The molecule has 6 nitrogen and oxygen atoms in total. The van der Waals surface area contributed by atoms with Gasteiger partial charge in [0.05, 0.1) is 17.8 Å². The number of nitrogen functional groups attached to an aromatic ring is 1. The lowest BCUT2D eigenvalue weighted by Gasteiger charge is -2.10. The van der Waals surface area contributed by atoms with Gasteiger partial charge >= 0.3 is 0 Å². The van der Waals surface area contributed by atoms with Crippen LogP contribution in [0.5, 0.6) is 5.75 Å². The van der Waals surface area contributed by atoms with E-state index in [1.54, 1.807) is 22.9 Å². The van der Waals surface area contributed by atoms with Crippen molar-refractivity contribution in [2.45, 2.75) is 18.2 Å². The zero-order valence-corrected chi connectivity index (χ0v) is 12.5. The molecule has 8 heteroatoms. The van der Waals surface area contributed by atoms with E-state index in [1.165, 1.54) is 12.1 Å². The lowest BCUT2D eigenvalue weighted by atomic mass is 10.3. The molecule has 20 heavy (non-hydrogen) atoms. The van der Waals surface area contributed by atoms with Crippen LogP contribution in [0.1, 0.15) is 10.6 Å². The average Bonchev–Trinajstić information content (AvgIpc) is 2.76. The van der Waals surface area contributed by atoms with Gasteiger partial charge in [0, 0.05) is 17.0 Å². The summed E-state index contributed by atoms with van der Waals surface area (Å²) >= 11 is 1.54. The molecule has 0 atom stereocenters. The van der Waals surface area contributed by atoms with Crippen molar-refractivity contribution in [3.63, 3.8) is 0 Å². The van der Waals surface area contributed by atoms with Crippen molar-refractivity contribution in [1.82, 2.24) is 4.98 Å². The SMILES string of the molecule is Cc1ncsc1CCOc1ccc(N)cc1S(N)(=O)=O. The Morgan fingerprint density at radius 1 is 1.40 bits per heavy atom. The number of sulfonamides is 1. The highest BCUT2D eigenvalue weighted by Gasteiger charge is 2.15. The third-order valence-electron chi connectivity index (χ3n) is 2.71. The van der Waals surface area contributed by atoms with E-state index < -0.39 is 10.0 Å². The van der Waals surface area contributed by atoms with E-state index in [4.69, 9.17) is 15.6 Å². The Morgan fingerprint density at radius 2 is 2.15 bits per heavy atom. The lowest BCUT2D eigenvalue weighted by molar-refractivity contribution is 0.314. The highest BCUT2D eigenvalue weighted by Crippen LogP contribution is 2.25. The van der Waals surface area contributed by atoms with Crippen LogP contribution in [0.2, 0.25) is 0 Å². The van der Waals surface area contributed by atoms with Crippen molar-refractivity contribution in [3.05, 3.63) is 34.3 Å². The molecular weight excluding hydrogens is 298 g/mol. The lowest BCUT2D eigenvalue weighted by Crippen LogP contribution is -2.15. The first-order chi connectivity index (χ1) is 9.38. The molecule has 0 aliphatic heterocycles. The maximum atomic E-state index is 11.5. The van der Waals surface area contributed by atoms with Crippen LogP contribution in [0.15, 0.2) is 28.6 Å². The fourth-order valence-electron chi connectivity index (χ4n) is 1.69. The van der Waals surface area contributed by atoms with Crippen molar-refractivity contribution in [2.24, 2.45) is 5.14 Å². The zero-order valence-electron chi connectivity index (χ0n) is 10.9. The molecule has 0 spiro atoms. The number of nitrogens with zero attached hydrogens (tertiary/aromatic N) is 1. The number of aromatic nitrogens is 1. The average molecular weight is 313 g/mol. The monoisotopic (exact) mass is 313 g/mol. The Balaban J connectivity index is 2.12. The van der Waals surface area contributed by atoms with E-state index in [-0.39, 0.29) is 10.6 Å². The molecule has 0 bridgehead atoms.